The van der Waals surface area contributed by atoms with Crippen molar-refractivity contribution in [1.29, 1.82) is 0 Å². The van der Waals surface area contributed by atoms with E-state index in [2.05, 4.69) is 47.5 Å². The number of benzene rings is 2. The molecule has 27 heavy (non-hydrogen) atoms. The number of carbonyl (C=O) groups is 1. The molecule has 2 unspecified atom stereocenters. The Morgan fingerprint density at radius 1 is 1.19 bits per heavy atom. The van der Waals surface area contributed by atoms with Gasteiger partial charge in [0.2, 0.25) is 5.91 Å². The average molecular weight is 385 g/mol. The van der Waals surface area contributed by atoms with Crippen molar-refractivity contribution < 1.29 is 4.79 Å². The molecule has 3 nitrogen and oxygen atoms in total. The molecule has 1 aliphatic rings. The van der Waals surface area contributed by atoms with Gasteiger partial charge < -0.3 is 5.32 Å². The van der Waals surface area contributed by atoms with Gasteiger partial charge in [-0.2, -0.15) is 0 Å². The van der Waals surface area contributed by atoms with Gasteiger partial charge in [0, 0.05) is 24.2 Å². The first-order chi connectivity index (χ1) is 13.1. The number of likely N-dealkylation sites (tertiary alicyclic amines) is 1. The van der Waals surface area contributed by atoms with E-state index in [1.165, 1.54) is 11.1 Å². The third-order valence-electron chi connectivity index (χ3n) is 5.27. The van der Waals surface area contributed by atoms with Gasteiger partial charge in [0.25, 0.3) is 0 Å². The molecule has 144 valence electrons. The van der Waals surface area contributed by atoms with Crippen LogP contribution in [0, 0.1) is 5.92 Å². The van der Waals surface area contributed by atoms with Crippen LogP contribution >= 0.6 is 11.6 Å². The number of nitrogens with one attached hydrogen (secondary N) is 1. The summed E-state index contributed by atoms with van der Waals surface area (Å²) in [6, 6.07) is 18.6. The van der Waals surface area contributed by atoms with E-state index in [1.807, 2.05) is 24.3 Å². The van der Waals surface area contributed by atoms with Gasteiger partial charge in [-0.25, -0.2) is 0 Å². The second kappa shape index (κ2) is 9.91. The molecule has 4 heteroatoms. The number of halogens is 1. The maximum atomic E-state index is 12.7. The molecular formula is C23H29ClN2O. The minimum absolute atomic E-state index is 0.0807. The zero-order valence-corrected chi connectivity index (χ0v) is 16.8. The largest absolute Gasteiger partial charge is 0.353 e. The Labute approximate surface area is 167 Å². The van der Waals surface area contributed by atoms with Gasteiger partial charge in [0.15, 0.2) is 0 Å². The number of aryl methyl sites for hydroxylation is 1. The molecule has 0 spiro atoms. The fourth-order valence-corrected chi connectivity index (χ4v) is 3.98. The van der Waals surface area contributed by atoms with Gasteiger partial charge in [0.1, 0.15) is 0 Å². The van der Waals surface area contributed by atoms with E-state index in [1.54, 1.807) is 0 Å². The first-order valence-corrected chi connectivity index (χ1v) is 10.3. The topological polar surface area (TPSA) is 32.3 Å². The van der Waals surface area contributed by atoms with Crippen molar-refractivity contribution >= 4 is 17.5 Å². The molecule has 2 atom stereocenters. The van der Waals surface area contributed by atoms with Crippen molar-refractivity contribution in [3.63, 3.8) is 0 Å². The number of amides is 1. The SMILES string of the molecule is CC(CCc1ccccc1)NC(=O)C1CCCN(Cc2cccc(Cl)c2)C1. The highest BCUT2D eigenvalue weighted by atomic mass is 35.5. The Hall–Kier alpha value is -1.84. The molecule has 2 aromatic carbocycles. The maximum Gasteiger partial charge on any atom is 0.224 e. The van der Waals surface area contributed by atoms with Gasteiger partial charge in [-0.3, -0.25) is 9.69 Å². The summed E-state index contributed by atoms with van der Waals surface area (Å²) in [5, 5.41) is 4.00. The molecule has 0 saturated carbocycles. The van der Waals surface area contributed by atoms with Crippen molar-refractivity contribution in [2.24, 2.45) is 5.92 Å². The third kappa shape index (κ3) is 6.37. The van der Waals surface area contributed by atoms with Crippen molar-refractivity contribution in [2.45, 2.75) is 45.2 Å². The predicted octanol–water partition coefficient (Wildman–Crippen LogP) is 4.69. The molecule has 1 N–H and O–H groups in total. The molecule has 2 aromatic rings. The van der Waals surface area contributed by atoms with Gasteiger partial charge in [-0.1, -0.05) is 54.1 Å². The minimum Gasteiger partial charge on any atom is -0.353 e. The van der Waals surface area contributed by atoms with Crippen LogP contribution in [0.5, 0.6) is 0 Å². The summed E-state index contributed by atoms with van der Waals surface area (Å²) >= 11 is 6.09. The van der Waals surface area contributed by atoms with Crippen molar-refractivity contribution in [2.75, 3.05) is 13.1 Å². The summed E-state index contributed by atoms with van der Waals surface area (Å²) in [6.07, 6.45) is 4.00. The number of hydrogen-bond acceptors (Lipinski definition) is 2. The highest BCUT2D eigenvalue weighted by Gasteiger charge is 2.26. The van der Waals surface area contributed by atoms with Gasteiger partial charge in [-0.05, 0) is 62.4 Å². The van der Waals surface area contributed by atoms with E-state index < -0.39 is 0 Å². The molecule has 1 fully saturated rings. The van der Waals surface area contributed by atoms with Crippen LogP contribution < -0.4 is 5.32 Å². The molecule has 0 aliphatic carbocycles. The molecule has 1 heterocycles. The molecule has 0 bridgehead atoms. The Morgan fingerprint density at radius 2 is 1.96 bits per heavy atom. The molecule has 1 saturated heterocycles. The normalized spacial score (nSPS) is 18.8. The van der Waals surface area contributed by atoms with Crippen LogP contribution in [0.1, 0.15) is 37.3 Å². The van der Waals surface area contributed by atoms with E-state index in [0.29, 0.717) is 0 Å². The number of nitrogens with zero attached hydrogens (tertiary/aromatic N) is 1. The fraction of sp³-hybridized carbons (Fsp3) is 0.435. The summed E-state index contributed by atoms with van der Waals surface area (Å²) in [6.45, 7) is 4.82. The average Bonchev–Trinajstić information content (AvgIpc) is 2.67. The predicted molar refractivity (Wildman–Crippen MR) is 112 cm³/mol. The summed E-state index contributed by atoms with van der Waals surface area (Å²) in [5.74, 6) is 0.281. The lowest BCUT2D eigenvalue weighted by atomic mass is 9.96. The number of rotatable bonds is 7. The van der Waals surface area contributed by atoms with Crippen LogP contribution in [0.2, 0.25) is 5.02 Å². The number of piperidine rings is 1. The summed E-state index contributed by atoms with van der Waals surface area (Å²) < 4.78 is 0. The van der Waals surface area contributed by atoms with Crippen LogP contribution in [0.15, 0.2) is 54.6 Å². The lowest BCUT2D eigenvalue weighted by molar-refractivity contribution is -0.127. The maximum absolute atomic E-state index is 12.7. The molecular weight excluding hydrogens is 356 g/mol. The second-order valence-corrected chi connectivity index (χ2v) is 8.07. The highest BCUT2D eigenvalue weighted by Crippen LogP contribution is 2.20. The smallest absolute Gasteiger partial charge is 0.224 e. The minimum atomic E-state index is 0.0807. The van der Waals surface area contributed by atoms with Gasteiger partial charge >= 0.3 is 0 Å². The van der Waals surface area contributed by atoms with E-state index in [4.69, 9.17) is 11.6 Å². The summed E-state index contributed by atoms with van der Waals surface area (Å²) in [5.41, 5.74) is 2.53. The van der Waals surface area contributed by atoms with Gasteiger partial charge in [0.05, 0.1) is 5.92 Å². The Balaban J connectivity index is 1.46. The van der Waals surface area contributed by atoms with Crippen LogP contribution in [0.3, 0.4) is 0 Å². The standard InChI is InChI=1S/C23H29ClN2O/c1-18(12-13-19-7-3-2-4-8-19)25-23(27)21-10-6-14-26(17-21)16-20-9-5-11-22(24)15-20/h2-5,7-9,11,15,18,21H,6,10,12-14,16-17H2,1H3,(H,25,27). The van der Waals surface area contributed by atoms with Crippen molar-refractivity contribution in [3.8, 4) is 0 Å². The fourth-order valence-electron chi connectivity index (χ4n) is 3.77. The number of hydrogen-bond donors (Lipinski definition) is 1. The molecule has 0 aromatic heterocycles. The van der Waals surface area contributed by atoms with E-state index in [-0.39, 0.29) is 17.9 Å². The van der Waals surface area contributed by atoms with Crippen molar-refractivity contribution in [1.82, 2.24) is 10.2 Å². The van der Waals surface area contributed by atoms with Crippen LogP contribution in [-0.4, -0.2) is 29.9 Å². The molecule has 1 amide bonds. The van der Waals surface area contributed by atoms with Crippen LogP contribution in [0.4, 0.5) is 0 Å². The number of carbonyl (C=O) groups excluding carboxylic acids is 1. The van der Waals surface area contributed by atoms with Crippen LogP contribution in [-0.2, 0) is 17.8 Å². The summed E-state index contributed by atoms with van der Waals surface area (Å²) in [4.78, 5) is 15.1. The molecule has 0 radical (unpaired) electrons. The quantitative estimate of drug-likeness (QED) is 0.751. The summed E-state index contributed by atoms with van der Waals surface area (Å²) in [7, 11) is 0. The first-order valence-electron chi connectivity index (χ1n) is 9.91. The highest BCUT2D eigenvalue weighted by molar-refractivity contribution is 6.30. The Bertz CT molecular complexity index is 734. The Kier molecular flexibility index (Phi) is 7.31. The van der Waals surface area contributed by atoms with E-state index in [0.717, 1.165) is 50.3 Å². The lowest BCUT2D eigenvalue weighted by Gasteiger charge is -2.32. The van der Waals surface area contributed by atoms with E-state index >= 15 is 0 Å². The van der Waals surface area contributed by atoms with Gasteiger partial charge in [-0.15, -0.1) is 0 Å². The monoisotopic (exact) mass is 384 g/mol. The second-order valence-electron chi connectivity index (χ2n) is 7.64. The molecule has 1 aliphatic heterocycles. The third-order valence-corrected chi connectivity index (χ3v) is 5.50. The Morgan fingerprint density at radius 3 is 2.74 bits per heavy atom. The lowest BCUT2D eigenvalue weighted by Crippen LogP contribution is -2.45. The zero-order chi connectivity index (χ0) is 19.1. The van der Waals surface area contributed by atoms with Crippen molar-refractivity contribution in [3.05, 3.63) is 70.7 Å². The van der Waals surface area contributed by atoms with Crippen LogP contribution in [0.25, 0.3) is 0 Å². The first kappa shape index (κ1) is 19.9. The van der Waals surface area contributed by atoms with E-state index in [9.17, 15) is 4.79 Å². The molecule has 3 rings (SSSR count). The zero-order valence-electron chi connectivity index (χ0n) is 16.0.